The van der Waals surface area contributed by atoms with Crippen LogP contribution in [0, 0.1) is 0 Å². The lowest BCUT2D eigenvalue weighted by Gasteiger charge is -2.36. The Morgan fingerprint density at radius 1 is 1.21 bits per heavy atom. The lowest BCUT2D eigenvalue weighted by atomic mass is 10.1. The second kappa shape index (κ2) is 9.67. The molecule has 0 spiro atoms. The monoisotopic (exact) mass is 502 g/mol. The maximum atomic E-state index is 12.1. The molecule has 0 unspecified atom stereocenters. The van der Waals surface area contributed by atoms with Crippen molar-refractivity contribution in [1.29, 1.82) is 0 Å². The topological polar surface area (TPSA) is 80.4 Å². The van der Waals surface area contributed by atoms with E-state index in [9.17, 15) is 4.79 Å². The van der Waals surface area contributed by atoms with Crippen molar-refractivity contribution < 1.29 is 14.3 Å². The molecule has 0 atom stereocenters. The summed E-state index contributed by atoms with van der Waals surface area (Å²) < 4.78 is 11.0. The number of piperazine rings is 1. The van der Waals surface area contributed by atoms with Crippen molar-refractivity contribution in [3.63, 3.8) is 0 Å². The minimum atomic E-state index is -0.474. The fourth-order valence-electron chi connectivity index (χ4n) is 3.24. The summed E-state index contributed by atoms with van der Waals surface area (Å²) in [5.74, 6) is 1.55. The summed E-state index contributed by atoms with van der Waals surface area (Å²) in [7, 11) is 0. The lowest BCUT2D eigenvalue weighted by Crippen LogP contribution is -2.53. The zero-order chi connectivity index (χ0) is 19.4. The highest BCUT2D eigenvalue weighted by Gasteiger charge is 2.26. The maximum Gasteiger partial charge on any atom is 0.410 e. The van der Waals surface area contributed by atoms with Crippen LogP contribution in [-0.2, 0) is 17.6 Å². The summed E-state index contributed by atoms with van der Waals surface area (Å²) in [5, 5.41) is 0. The zero-order valence-corrected chi connectivity index (χ0v) is 19.3. The Hall–Kier alpha value is -1.71. The molecule has 1 saturated heterocycles. The first kappa shape index (κ1) is 22.6. The third-order valence-corrected chi connectivity index (χ3v) is 4.68. The van der Waals surface area contributed by atoms with Crippen LogP contribution in [0.1, 0.15) is 31.9 Å². The SMILES string of the molecule is CC(C)(C)OC(=O)N1CCN(C(N)=NCCc2ccc3c(c2)CCO3)CC1.I. The highest BCUT2D eigenvalue weighted by molar-refractivity contribution is 14.0. The van der Waals surface area contributed by atoms with E-state index in [1.807, 2.05) is 31.7 Å². The van der Waals surface area contributed by atoms with Crippen LogP contribution in [0.25, 0.3) is 0 Å². The van der Waals surface area contributed by atoms with Crippen molar-refractivity contribution >= 4 is 36.0 Å². The van der Waals surface area contributed by atoms with E-state index in [0.29, 0.717) is 38.7 Å². The van der Waals surface area contributed by atoms with Gasteiger partial charge >= 0.3 is 6.09 Å². The number of guanidine groups is 1. The third-order valence-electron chi connectivity index (χ3n) is 4.68. The fraction of sp³-hybridized carbons (Fsp3) is 0.600. The van der Waals surface area contributed by atoms with E-state index >= 15 is 0 Å². The number of benzene rings is 1. The Labute approximate surface area is 184 Å². The van der Waals surface area contributed by atoms with Gasteiger partial charge in [0.15, 0.2) is 5.96 Å². The van der Waals surface area contributed by atoms with Crippen LogP contribution in [0.5, 0.6) is 5.75 Å². The fourth-order valence-corrected chi connectivity index (χ4v) is 3.24. The number of carbonyl (C=O) groups excluding carboxylic acids is 1. The number of aliphatic imine (C=N–C) groups is 1. The van der Waals surface area contributed by atoms with E-state index in [1.54, 1.807) is 4.90 Å². The molecule has 1 aromatic carbocycles. The van der Waals surface area contributed by atoms with Crippen LogP contribution in [0.15, 0.2) is 23.2 Å². The quantitative estimate of drug-likeness (QED) is 0.391. The van der Waals surface area contributed by atoms with Gasteiger partial charge in [0.05, 0.1) is 6.61 Å². The van der Waals surface area contributed by atoms with Crippen LogP contribution in [0.4, 0.5) is 4.79 Å². The van der Waals surface area contributed by atoms with E-state index in [-0.39, 0.29) is 30.1 Å². The van der Waals surface area contributed by atoms with Gasteiger partial charge in [-0.2, -0.15) is 0 Å². The van der Waals surface area contributed by atoms with Crippen molar-refractivity contribution in [2.45, 2.75) is 39.2 Å². The van der Waals surface area contributed by atoms with Crippen LogP contribution in [-0.4, -0.2) is 66.8 Å². The van der Waals surface area contributed by atoms with Crippen molar-refractivity contribution in [1.82, 2.24) is 9.80 Å². The highest BCUT2D eigenvalue weighted by atomic mass is 127. The summed E-state index contributed by atoms with van der Waals surface area (Å²) in [4.78, 5) is 20.4. The summed E-state index contributed by atoms with van der Waals surface area (Å²) in [6.45, 7) is 9.58. The van der Waals surface area contributed by atoms with Crippen LogP contribution >= 0.6 is 24.0 Å². The summed E-state index contributed by atoms with van der Waals surface area (Å²) in [5.41, 5.74) is 8.21. The number of nitrogens with two attached hydrogens (primary N) is 1. The zero-order valence-electron chi connectivity index (χ0n) is 16.9. The predicted octanol–water partition coefficient (Wildman–Crippen LogP) is 2.65. The molecule has 0 radical (unpaired) electrons. The van der Waals surface area contributed by atoms with Gasteiger partial charge in [-0.15, -0.1) is 24.0 Å². The maximum absolute atomic E-state index is 12.1. The molecule has 2 aliphatic heterocycles. The Morgan fingerprint density at radius 3 is 2.57 bits per heavy atom. The van der Waals surface area contributed by atoms with Gasteiger partial charge in [0.2, 0.25) is 0 Å². The Bertz CT molecular complexity index is 710. The number of nitrogens with zero attached hydrogens (tertiary/aromatic N) is 3. The number of hydrogen-bond acceptors (Lipinski definition) is 4. The normalized spacial score (nSPS) is 16.9. The minimum absolute atomic E-state index is 0. The second-order valence-electron chi connectivity index (χ2n) is 7.98. The number of amides is 1. The lowest BCUT2D eigenvalue weighted by molar-refractivity contribution is 0.0186. The molecule has 156 valence electrons. The molecule has 0 aromatic heterocycles. The van der Waals surface area contributed by atoms with E-state index in [2.05, 4.69) is 17.1 Å². The molecule has 1 aromatic rings. The van der Waals surface area contributed by atoms with Gasteiger partial charge in [0.1, 0.15) is 11.4 Å². The van der Waals surface area contributed by atoms with E-state index in [1.165, 1.54) is 11.1 Å². The molecule has 0 saturated carbocycles. The van der Waals surface area contributed by atoms with Gasteiger partial charge in [-0.1, -0.05) is 12.1 Å². The molecule has 3 rings (SSSR count). The molecular formula is C20H31IN4O3. The van der Waals surface area contributed by atoms with Gasteiger partial charge in [0.25, 0.3) is 0 Å². The molecule has 2 N–H and O–H groups in total. The second-order valence-corrected chi connectivity index (χ2v) is 7.98. The molecular weight excluding hydrogens is 471 g/mol. The molecule has 28 heavy (non-hydrogen) atoms. The minimum Gasteiger partial charge on any atom is -0.493 e. The van der Waals surface area contributed by atoms with Gasteiger partial charge < -0.3 is 25.0 Å². The standard InChI is InChI=1S/C20H30N4O3.HI/c1-20(2,3)27-19(25)24-11-9-23(10-12-24)18(21)22-8-6-15-4-5-17-16(14-15)7-13-26-17;/h4-5,14H,6-13H2,1-3H3,(H2,21,22);1H. The molecule has 2 aliphatic rings. The van der Waals surface area contributed by atoms with Crippen molar-refractivity contribution in [3.05, 3.63) is 29.3 Å². The summed E-state index contributed by atoms with van der Waals surface area (Å²) in [6, 6.07) is 6.34. The van der Waals surface area contributed by atoms with E-state index < -0.39 is 5.60 Å². The largest absolute Gasteiger partial charge is 0.493 e. The molecule has 8 heteroatoms. The average molecular weight is 502 g/mol. The average Bonchev–Trinajstić information content (AvgIpc) is 3.08. The first-order valence-electron chi connectivity index (χ1n) is 9.59. The van der Waals surface area contributed by atoms with E-state index in [4.69, 9.17) is 15.2 Å². The Morgan fingerprint density at radius 2 is 1.89 bits per heavy atom. The number of halogens is 1. The molecule has 7 nitrogen and oxygen atoms in total. The molecule has 1 amide bonds. The van der Waals surface area contributed by atoms with Gasteiger partial charge in [0, 0.05) is 39.1 Å². The highest BCUT2D eigenvalue weighted by Crippen LogP contribution is 2.26. The van der Waals surface area contributed by atoms with Crippen LogP contribution < -0.4 is 10.5 Å². The van der Waals surface area contributed by atoms with Crippen molar-refractivity contribution in [2.24, 2.45) is 10.7 Å². The first-order chi connectivity index (χ1) is 12.8. The summed E-state index contributed by atoms with van der Waals surface area (Å²) >= 11 is 0. The third kappa shape index (κ3) is 6.15. The van der Waals surface area contributed by atoms with Crippen LogP contribution in [0.3, 0.4) is 0 Å². The number of rotatable bonds is 3. The van der Waals surface area contributed by atoms with Gasteiger partial charge in [-0.3, -0.25) is 4.99 Å². The number of ether oxygens (including phenoxy) is 2. The van der Waals surface area contributed by atoms with Crippen molar-refractivity contribution in [3.8, 4) is 5.75 Å². The number of hydrogen-bond donors (Lipinski definition) is 1. The first-order valence-corrected chi connectivity index (χ1v) is 9.59. The summed E-state index contributed by atoms with van der Waals surface area (Å²) in [6.07, 6.45) is 1.57. The molecule has 0 aliphatic carbocycles. The smallest absolute Gasteiger partial charge is 0.410 e. The van der Waals surface area contributed by atoms with Crippen LogP contribution in [0.2, 0.25) is 0 Å². The van der Waals surface area contributed by atoms with Crippen molar-refractivity contribution in [2.75, 3.05) is 39.3 Å². The van der Waals surface area contributed by atoms with Gasteiger partial charge in [-0.25, -0.2) is 4.79 Å². The van der Waals surface area contributed by atoms with E-state index in [0.717, 1.165) is 25.2 Å². The predicted molar refractivity (Wildman–Crippen MR) is 121 cm³/mol. The number of fused-ring (bicyclic) bond motifs is 1. The van der Waals surface area contributed by atoms with Gasteiger partial charge in [-0.05, 0) is 44.4 Å². The Kier molecular flexibility index (Phi) is 7.79. The molecule has 2 heterocycles. The molecule has 0 bridgehead atoms. The molecule has 1 fully saturated rings. The Balaban J connectivity index is 0.00000280. The number of carbonyl (C=O) groups is 1.